The van der Waals surface area contributed by atoms with Gasteiger partial charge in [0.05, 0.1) is 19.2 Å². The molecule has 1 unspecified atom stereocenters. The molecule has 2 nitrogen and oxygen atoms in total. The lowest BCUT2D eigenvalue weighted by Crippen LogP contribution is -1.96. The number of benzene rings is 1. The minimum Gasteiger partial charge on any atom is -0.495 e. The summed E-state index contributed by atoms with van der Waals surface area (Å²) < 4.78 is 5.29. The van der Waals surface area contributed by atoms with Gasteiger partial charge in [-0.25, -0.2) is 0 Å². The van der Waals surface area contributed by atoms with Crippen molar-refractivity contribution in [1.29, 1.82) is 0 Å². The molecule has 0 aliphatic carbocycles. The number of methoxy groups -OCH3 is 1. The molecule has 0 saturated heterocycles. The predicted molar refractivity (Wildman–Crippen MR) is 80.0 cm³/mol. The summed E-state index contributed by atoms with van der Waals surface area (Å²) in [5.74, 6) is 7.75. The maximum Gasteiger partial charge on any atom is 0.134 e. The molecule has 0 spiro atoms. The summed E-state index contributed by atoms with van der Waals surface area (Å²) in [4.78, 5) is 0. The van der Waals surface area contributed by atoms with Crippen LogP contribution in [0.3, 0.4) is 0 Å². The van der Waals surface area contributed by atoms with Crippen molar-refractivity contribution in [2.75, 3.05) is 13.7 Å². The van der Waals surface area contributed by atoms with Crippen molar-refractivity contribution < 1.29 is 4.74 Å². The first-order chi connectivity index (χ1) is 8.71. The smallest absolute Gasteiger partial charge is 0.134 e. The van der Waals surface area contributed by atoms with E-state index in [9.17, 15) is 0 Å². The van der Waals surface area contributed by atoms with Gasteiger partial charge in [-0.15, -0.1) is 0 Å². The SMILES string of the molecule is CCC(C)SCc1ccc(OC)c(C#CCN)c1. The Hall–Kier alpha value is -1.11. The van der Waals surface area contributed by atoms with Gasteiger partial charge in [0.25, 0.3) is 0 Å². The van der Waals surface area contributed by atoms with Crippen LogP contribution in [0, 0.1) is 11.8 Å². The van der Waals surface area contributed by atoms with Gasteiger partial charge in [-0.2, -0.15) is 11.8 Å². The first-order valence-corrected chi connectivity index (χ1v) is 7.23. The van der Waals surface area contributed by atoms with Crippen molar-refractivity contribution in [2.24, 2.45) is 5.73 Å². The second-order valence-corrected chi connectivity index (χ2v) is 5.50. The second-order valence-electron chi connectivity index (χ2n) is 4.07. The van der Waals surface area contributed by atoms with E-state index >= 15 is 0 Å². The Balaban J connectivity index is 2.82. The third kappa shape index (κ3) is 4.64. The normalized spacial score (nSPS) is 11.6. The average molecular weight is 263 g/mol. The molecule has 0 fully saturated rings. The van der Waals surface area contributed by atoms with E-state index in [0.29, 0.717) is 11.8 Å². The maximum atomic E-state index is 5.40. The van der Waals surface area contributed by atoms with E-state index in [2.05, 4.69) is 37.8 Å². The highest BCUT2D eigenvalue weighted by Gasteiger charge is 2.04. The van der Waals surface area contributed by atoms with Crippen molar-refractivity contribution in [2.45, 2.75) is 31.3 Å². The van der Waals surface area contributed by atoms with Crippen LogP contribution >= 0.6 is 11.8 Å². The summed E-state index contributed by atoms with van der Waals surface area (Å²) in [6, 6.07) is 6.17. The van der Waals surface area contributed by atoms with Crippen molar-refractivity contribution in [1.82, 2.24) is 0 Å². The molecule has 1 atom stereocenters. The second kappa shape index (κ2) is 8.07. The van der Waals surface area contributed by atoms with Crippen LogP contribution in [0.15, 0.2) is 18.2 Å². The molecular formula is C15H21NOS. The molecule has 1 aromatic rings. The Kier molecular flexibility index (Phi) is 6.70. The van der Waals surface area contributed by atoms with Crippen LogP contribution in [0.25, 0.3) is 0 Å². The zero-order valence-electron chi connectivity index (χ0n) is 11.3. The van der Waals surface area contributed by atoms with Gasteiger partial charge in [-0.3, -0.25) is 0 Å². The average Bonchev–Trinajstić information content (AvgIpc) is 2.42. The van der Waals surface area contributed by atoms with E-state index in [0.717, 1.165) is 17.1 Å². The van der Waals surface area contributed by atoms with Gasteiger partial charge >= 0.3 is 0 Å². The van der Waals surface area contributed by atoms with Crippen LogP contribution in [0.4, 0.5) is 0 Å². The van der Waals surface area contributed by atoms with Crippen LogP contribution in [-0.2, 0) is 5.75 Å². The lowest BCUT2D eigenvalue weighted by atomic mass is 10.1. The molecule has 0 aliphatic heterocycles. The molecule has 1 rings (SSSR count). The molecule has 0 amide bonds. The van der Waals surface area contributed by atoms with Crippen molar-refractivity contribution in [3.8, 4) is 17.6 Å². The summed E-state index contributed by atoms with van der Waals surface area (Å²) in [5.41, 5.74) is 7.61. The van der Waals surface area contributed by atoms with Gasteiger partial charge in [-0.1, -0.05) is 31.8 Å². The fraction of sp³-hybridized carbons (Fsp3) is 0.467. The Morgan fingerprint density at radius 1 is 1.44 bits per heavy atom. The third-order valence-electron chi connectivity index (χ3n) is 2.70. The predicted octanol–water partition coefficient (Wildman–Crippen LogP) is 3.04. The third-order valence-corrected chi connectivity index (χ3v) is 4.10. The van der Waals surface area contributed by atoms with E-state index in [4.69, 9.17) is 10.5 Å². The van der Waals surface area contributed by atoms with Crippen molar-refractivity contribution >= 4 is 11.8 Å². The van der Waals surface area contributed by atoms with Crippen LogP contribution in [0.2, 0.25) is 0 Å². The lowest BCUT2D eigenvalue weighted by Gasteiger charge is -2.10. The molecule has 98 valence electrons. The molecule has 0 heterocycles. The van der Waals surface area contributed by atoms with Crippen LogP contribution in [0.5, 0.6) is 5.75 Å². The number of hydrogen-bond donors (Lipinski definition) is 1. The fourth-order valence-electron chi connectivity index (χ4n) is 1.45. The molecule has 3 heteroatoms. The molecule has 0 aliphatic rings. The Bertz CT molecular complexity index is 434. The molecule has 0 aromatic heterocycles. The summed E-state index contributed by atoms with van der Waals surface area (Å²) in [6.07, 6.45) is 1.20. The van der Waals surface area contributed by atoms with Crippen molar-refractivity contribution in [3.05, 3.63) is 29.3 Å². The fourth-order valence-corrected chi connectivity index (χ4v) is 2.34. The molecule has 1 aromatic carbocycles. The topological polar surface area (TPSA) is 35.2 Å². The van der Waals surface area contributed by atoms with Gasteiger partial charge in [0.1, 0.15) is 5.75 Å². The largest absolute Gasteiger partial charge is 0.495 e. The molecule has 18 heavy (non-hydrogen) atoms. The van der Waals surface area contributed by atoms with Gasteiger partial charge in [0.2, 0.25) is 0 Å². The first kappa shape index (κ1) is 14.9. The standard InChI is InChI=1S/C15H21NOS/c1-4-12(2)18-11-13-7-8-15(17-3)14(10-13)6-5-9-16/h7-8,10,12H,4,9,11,16H2,1-3H3. The summed E-state index contributed by atoms with van der Waals surface area (Å²) in [5, 5.41) is 0.686. The summed E-state index contributed by atoms with van der Waals surface area (Å²) in [6.45, 7) is 4.84. The van der Waals surface area contributed by atoms with Crippen LogP contribution < -0.4 is 10.5 Å². The Labute approximate surface area is 114 Å². The summed E-state index contributed by atoms with van der Waals surface area (Å²) in [7, 11) is 1.66. The highest BCUT2D eigenvalue weighted by molar-refractivity contribution is 7.99. The van der Waals surface area contributed by atoms with E-state index in [-0.39, 0.29) is 0 Å². The van der Waals surface area contributed by atoms with Gasteiger partial charge in [0.15, 0.2) is 0 Å². The van der Waals surface area contributed by atoms with E-state index in [1.54, 1.807) is 7.11 Å². The van der Waals surface area contributed by atoms with E-state index in [1.807, 2.05) is 17.8 Å². The van der Waals surface area contributed by atoms with Gasteiger partial charge in [-0.05, 0) is 24.1 Å². The quantitative estimate of drug-likeness (QED) is 0.829. The highest BCUT2D eigenvalue weighted by Crippen LogP contribution is 2.24. The van der Waals surface area contributed by atoms with E-state index in [1.165, 1.54) is 12.0 Å². The van der Waals surface area contributed by atoms with Crippen molar-refractivity contribution in [3.63, 3.8) is 0 Å². The monoisotopic (exact) mass is 263 g/mol. The van der Waals surface area contributed by atoms with Gasteiger partial charge in [0, 0.05) is 11.0 Å². The molecule has 0 bridgehead atoms. The van der Waals surface area contributed by atoms with Gasteiger partial charge < -0.3 is 10.5 Å². The number of rotatable bonds is 5. The molecular weight excluding hydrogens is 242 g/mol. The van der Waals surface area contributed by atoms with E-state index < -0.39 is 0 Å². The first-order valence-electron chi connectivity index (χ1n) is 6.18. The number of hydrogen-bond acceptors (Lipinski definition) is 3. The number of nitrogens with two attached hydrogens (primary N) is 1. The highest BCUT2D eigenvalue weighted by atomic mass is 32.2. The Morgan fingerprint density at radius 2 is 2.22 bits per heavy atom. The maximum absolute atomic E-state index is 5.40. The number of ether oxygens (including phenoxy) is 1. The molecule has 0 radical (unpaired) electrons. The van der Waals surface area contributed by atoms with Crippen LogP contribution in [-0.4, -0.2) is 18.9 Å². The zero-order chi connectivity index (χ0) is 13.4. The number of thioether (sulfide) groups is 1. The lowest BCUT2D eigenvalue weighted by molar-refractivity contribution is 0.413. The zero-order valence-corrected chi connectivity index (χ0v) is 12.1. The molecule has 2 N–H and O–H groups in total. The molecule has 0 saturated carbocycles. The van der Waals surface area contributed by atoms with Crippen LogP contribution in [0.1, 0.15) is 31.4 Å². The summed E-state index contributed by atoms with van der Waals surface area (Å²) >= 11 is 1.96. The minimum absolute atomic E-state index is 0.370. The Morgan fingerprint density at radius 3 is 2.83 bits per heavy atom. The minimum atomic E-state index is 0.370.